The highest BCUT2D eigenvalue weighted by atomic mass is 19.1. The van der Waals surface area contributed by atoms with Crippen molar-refractivity contribution in [3.8, 4) is 11.5 Å². The molecule has 2 aromatic heterocycles. The molecule has 0 spiro atoms. The Balaban J connectivity index is 1.66. The Hall–Kier alpha value is -2.61. The van der Waals surface area contributed by atoms with Crippen LogP contribution in [0.25, 0.3) is 11.5 Å². The van der Waals surface area contributed by atoms with Gasteiger partial charge in [0.15, 0.2) is 5.82 Å². The van der Waals surface area contributed by atoms with E-state index in [2.05, 4.69) is 20.3 Å². The fraction of sp³-hybridized carbons (Fsp3) is 0.286. The van der Waals surface area contributed by atoms with Gasteiger partial charge in [0.25, 0.3) is 0 Å². The monoisotopic (exact) mass is 303 g/mol. The maximum Gasteiger partial charge on any atom is 0.247 e. The van der Waals surface area contributed by atoms with Crippen molar-refractivity contribution in [1.29, 1.82) is 0 Å². The van der Waals surface area contributed by atoms with Crippen molar-refractivity contribution in [2.45, 2.75) is 20.0 Å². The highest BCUT2D eigenvalue weighted by Gasteiger charge is 2.13. The van der Waals surface area contributed by atoms with Gasteiger partial charge in [-0.3, -0.25) is 4.90 Å². The predicted octanol–water partition coefficient (Wildman–Crippen LogP) is 2.20. The van der Waals surface area contributed by atoms with E-state index in [1.54, 1.807) is 19.1 Å². The fourth-order valence-corrected chi connectivity index (χ4v) is 1.98. The van der Waals surface area contributed by atoms with Crippen molar-refractivity contribution < 1.29 is 13.3 Å². The first kappa shape index (κ1) is 14.3. The summed E-state index contributed by atoms with van der Waals surface area (Å²) in [5.41, 5.74) is 0.550. The van der Waals surface area contributed by atoms with Crippen LogP contribution in [0.4, 0.5) is 4.39 Å². The molecule has 114 valence electrons. The zero-order valence-corrected chi connectivity index (χ0v) is 12.2. The van der Waals surface area contributed by atoms with Gasteiger partial charge in [-0.25, -0.2) is 4.39 Å². The Kier molecular flexibility index (Phi) is 3.92. The average Bonchev–Trinajstić information content (AvgIpc) is 3.08. The van der Waals surface area contributed by atoms with E-state index in [-0.39, 0.29) is 11.7 Å². The van der Waals surface area contributed by atoms with Gasteiger partial charge in [-0.2, -0.15) is 4.98 Å². The number of hydrogen-bond donors (Lipinski definition) is 0. The van der Waals surface area contributed by atoms with E-state index < -0.39 is 0 Å². The molecule has 0 N–H and O–H groups in total. The number of benzene rings is 1. The lowest BCUT2D eigenvalue weighted by atomic mass is 10.2. The second-order valence-electron chi connectivity index (χ2n) is 4.92. The van der Waals surface area contributed by atoms with E-state index in [9.17, 15) is 4.39 Å². The summed E-state index contributed by atoms with van der Waals surface area (Å²) in [5, 5.41) is 11.6. The van der Waals surface area contributed by atoms with E-state index in [4.69, 9.17) is 8.94 Å². The highest BCUT2D eigenvalue weighted by molar-refractivity contribution is 5.52. The lowest BCUT2D eigenvalue weighted by molar-refractivity contribution is 0.241. The van der Waals surface area contributed by atoms with Crippen molar-refractivity contribution in [3.05, 3.63) is 47.7 Å². The van der Waals surface area contributed by atoms with Crippen LogP contribution in [0.3, 0.4) is 0 Å². The standard InChI is InChI=1S/C14H14FN5O2/c1-9-16-12(22-19-9)7-20(2)8-13-17-18-14(21-13)10-4-3-5-11(15)6-10/h3-6H,7-8H2,1-2H3. The van der Waals surface area contributed by atoms with Gasteiger partial charge in [-0.1, -0.05) is 11.2 Å². The molecule has 22 heavy (non-hydrogen) atoms. The van der Waals surface area contributed by atoms with Crippen molar-refractivity contribution in [2.75, 3.05) is 7.05 Å². The third kappa shape index (κ3) is 3.34. The van der Waals surface area contributed by atoms with Crippen molar-refractivity contribution in [1.82, 2.24) is 25.2 Å². The minimum Gasteiger partial charge on any atom is -0.419 e. The van der Waals surface area contributed by atoms with Crippen LogP contribution in [-0.2, 0) is 13.1 Å². The van der Waals surface area contributed by atoms with Crippen LogP contribution in [0.15, 0.2) is 33.2 Å². The molecule has 3 rings (SSSR count). The lowest BCUT2D eigenvalue weighted by Gasteiger charge is -2.10. The second-order valence-corrected chi connectivity index (χ2v) is 4.92. The molecule has 0 unspecified atom stereocenters. The molecule has 0 aliphatic rings. The van der Waals surface area contributed by atoms with Gasteiger partial charge in [-0.05, 0) is 32.2 Å². The summed E-state index contributed by atoms with van der Waals surface area (Å²) in [6.45, 7) is 2.65. The Bertz CT molecular complexity index is 770. The third-order valence-electron chi connectivity index (χ3n) is 2.92. The fourth-order valence-electron chi connectivity index (χ4n) is 1.98. The van der Waals surface area contributed by atoms with E-state index in [0.29, 0.717) is 36.3 Å². The molecule has 0 atom stereocenters. The van der Waals surface area contributed by atoms with Crippen molar-refractivity contribution in [3.63, 3.8) is 0 Å². The number of halogens is 1. The van der Waals surface area contributed by atoms with Gasteiger partial charge in [0, 0.05) is 5.56 Å². The molecule has 1 aromatic carbocycles. The zero-order chi connectivity index (χ0) is 15.5. The molecule has 0 saturated heterocycles. The largest absolute Gasteiger partial charge is 0.419 e. The van der Waals surface area contributed by atoms with E-state index >= 15 is 0 Å². The van der Waals surface area contributed by atoms with Gasteiger partial charge < -0.3 is 8.94 Å². The molecule has 0 amide bonds. The van der Waals surface area contributed by atoms with E-state index in [0.717, 1.165) is 0 Å². The van der Waals surface area contributed by atoms with Gasteiger partial charge in [-0.15, -0.1) is 10.2 Å². The molecule has 8 heteroatoms. The first-order chi connectivity index (χ1) is 10.6. The molecule has 7 nitrogen and oxygen atoms in total. The van der Waals surface area contributed by atoms with Gasteiger partial charge in [0.1, 0.15) is 5.82 Å². The maximum atomic E-state index is 13.2. The molecule has 3 aromatic rings. The smallest absolute Gasteiger partial charge is 0.247 e. The Labute approximate surface area is 125 Å². The molecule has 0 aliphatic heterocycles. The topological polar surface area (TPSA) is 81.1 Å². The molecular formula is C14H14FN5O2. The van der Waals surface area contributed by atoms with Crippen molar-refractivity contribution in [2.24, 2.45) is 0 Å². The Morgan fingerprint density at radius 1 is 1.18 bits per heavy atom. The first-order valence-electron chi connectivity index (χ1n) is 6.66. The Morgan fingerprint density at radius 3 is 2.73 bits per heavy atom. The van der Waals surface area contributed by atoms with Crippen LogP contribution in [0.2, 0.25) is 0 Å². The van der Waals surface area contributed by atoms with Gasteiger partial charge in [0.2, 0.25) is 17.7 Å². The molecule has 2 heterocycles. The van der Waals surface area contributed by atoms with Crippen LogP contribution in [-0.4, -0.2) is 32.3 Å². The van der Waals surface area contributed by atoms with Crippen LogP contribution >= 0.6 is 0 Å². The van der Waals surface area contributed by atoms with E-state index in [1.165, 1.54) is 12.1 Å². The summed E-state index contributed by atoms with van der Waals surface area (Å²) in [6.07, 6.45) is 0. The van der Waals surface area contributed by atoms with Crippen molar-refractivity contribution >= 4 is 0 Å². The van der Waals surface area contributed by atoms with Gasteiger partial charge >= 0.3 is 0 Å². The van der Waals surface area contributed by atoms with Crippen LogP contribution in [0.5, 0.6) is 0 Å². The van der Waals surface area contributed by atoms with Crippen LogP contribution < -0.4 is 0 Å². The predicted molar refractivity (Wildman–Crippen MR) is 73.9 cm³/mol. The summed E-state index contributed by atoms with van der Waals surface area (Å²) in [5.74, 6) is 1.48. The molecule has 0 bridgehead atoms. The number of rotatable bonds is 5. The number of nitrogens with zero attached hydrogens (tertiary/aromatic N) is 5. The zero-order valence-electron chi connectivity index (χ0n) is 12.2. The molecule has 0 saturated carbocycles. The number of aryl methyl sites for hydroxylation is 1. The summed E-state index contributed by atoms with van der Waals surface area (Å²) in [4.78, 5) is 6.03. The van der Waals surface area contributed by atoms with Crippen LogP contribution in [0.1, 0.15) is 17.6 Å². The number of aromatic nitrogens is 4. The first-order valence-corrected chi connectivity index (χ1v) is 6.66. The SMILES string of the molecule is Cc1noc(CN(C)Cc2nnc(-c3cccc(F)c3)o2)n1. The molecule has 0 aliphatic carbocycles. The minimum absolute atomic E-state index is 0.288. The molecule has 0 fully saturated rings. The Morgan fingerprint density at radius 2 is 2.00 bits per heavy atom. The molecule has 0 radical (unpaired) electrons. The molecular weight excluding hydrogens is 289 g/mol. The summed E-state index contributed by atoms with van der Waals surface area (Å²) >= 11 is 0. The van der Waals surface area contributed by atoms with Gasteiger partial charge in [0.05, 0.1) is 13.1 Å². The summed E-state index contributed by atoms with van der Waals surface area (Å²) in [6, 6.07) is 6.02. The second kappa shape index (κ2) is 6.02. The van der Waals surface area contributed by atoms with E-state index in [1.807, 2.05) is 11.9 Å². The van der Waals surface area contributed by atoms with Crippen LogP contribution in [0, 0.1) is 12.7 Å². The lowest BCUT2D eigenvalue weighted by Crippen LogP contribution is -2.17. The summed E-state index contributed by atoms with van der Waals surface area (Å²) < 4.78 is 23.8. The normalized spacial score (nSPS) is 11.3. The highest BCUT2D eigenvalue weighted by Crippen LogP contribution is 2.19. The quantitative estimate of drug-likeness (QED) is 0.714. The third-order valence-corrected chi connectivity index (χ3v) is 2.92. The number of hydrogen-bond acceptors (Lipinski definition) is 7. The summed E-state index contributed by atoms with van der Waals surface area (Å²) in [7, 11) is 1.87. The average molecular weight is 303 g/mol. The maximum absolute atomic E-state index is 13.2. The minimum atomic E-state index is -0.346.